The molecule has 1 aromatic carbocycles. The zero-order valence-corrected chi connectivity index (χ0v) is 6.82. The van der Waals surface area contributed by atoms with Crippen molar-refractivity contribution < 1.29 is 4.74 Å². The Labute approximate surface area is 71.4 Å². The van der Waals surface area contributed by atoms with Crippen LogP contribution in [0.25, 0.3) is 0 Å². The Morgan fingerprint density at radius 2 is 2.17 bits per heavy atom. The van der Waals surface area contributed by atoms with E-state index in [-0.39, 0.29) is 6.23 Å². The Morgan fingerprint density at radius 1 is 1.50 bits per heavy atom. The Balaban J connectivity index is 2.91. The second kappa shape index (κ2) is 3.74. The summed E-state index contributed by atoms with van der Waals surface area (Å²) >= 11 is 0. The Morgan fingerprint density at radius 3 is 2.75 bits per heavy atom. The van der Waals surface area contributed by atoms with Gasteiger partial charge in [0.2, 0.25) is 0 Å². The van der Waals surface area contributed by atoms with Crippen molar-refractivity contribution in [1.82, 2.24) is 0 Å². The van der Waals surface area contributed by atoms with Crippen LogP contribution >= 0.6 is 0 Å². The van der Waals surface area contributed by atoms with Crippen LogP contribution in [0.4, 0.5) is 0 Å². The number of benzene rings is 1. The largest absolute Gasteiger partial charge is 0.474 e. The highest BCUT2D eigenvalue weighted by atomic mass is 16.5. The molecule has 12 heavy (non-hydrogen) atoms. The number of rotatable bonds is 2. The first-order valence-electron chi connectivity index (χ1n) is 3.65. The van der Waals surface area contributed by atoms with Crippen LogP contribution in [0.1, 0.15) is 12.5 Å². The summed E-state index contributed by atoms with van der Waals surface area (Å²) in [4.78, 5) is 0. The van der Waals surface area contributed by atoms with E-state index in [1.807, 2.05) is 6.07 Å². The molecule has 0 aliphatic heterocycles. The van der Waals surface area contributed by atoms with E-state index in [1.54, 1.807) is 31.2 Å². The van der Waals surface area contributed by atoms with E-state index < -0.39 is 0 Å². The number of hydrogen-bond donors (Lipinski definition) is 1. The van der Waals surface area contributed by atoms with Crippen molar-refractivity contribution in [2.24, 2.45) is 5.73 Å². The first kappa shape index (κ1) is 8.57. The molecule has 0 saturated carbocycles. The SMILES string of the molecule is CC(N)Oc1ccccc1C#N. The molecule has 0 aromatic heterocycles. The van der Waals surface area contributed by atoms with Gasteiger partial charge in [-0.1, -0.05) is 12.1 Å². The zero-order valence-electron chi connectivity index (χ0n) is 6.82. The molecule has 1 aromatic rings. The van der Waals surface area contributed by atoms with Crippen molar-refractivity contribution in [3.05, 3.63) is 29.8 Å². The lowest BCUT2D eigenvalue weighted by atomic mass is 10.2. The van der Waals surface area contributed by atoms with Crippen LogP contribution in [0.3, 0.4) is 0 Å². The van der Waals surface area contributed by atoms with E-state index in [0.717, 1.165) is 0 Å². The van der Waals surface area contributed by atoms with Gasteiger partial charge in [0, 0.05) is 0 Å². The lowest BCUT2D eigenvalue weighted by molar-refractivity contribution is 0.229. The van der Waals surface area contributed by atoms with Crippen LogP contribution in [0.15, 0.2) is 24.3 Å². The van der Waals surface area contributed by atoms with Gasteiger partial charge in [0.15, 0.2) is 0 Å². The third-order valence-electron chi connectivity index (χ3n) is 1.32. The molecule has 1 atom stereocenters. The lowest BCUT2D eigenvalue weighted by Gasteiger charge is -2.09. The van der Waals surface area contributed by atoms with E-state index in [4.69, 9.17) is 15.7 Å². The van der Waals surface area contributed by atoms with Crippen LogP contribution < -0.4 is 10.5 Å². The zero-order chi connectivity index (χ0) is 8.97. The normalized spacial score (nSPS) is 11.8. The van der Waals surface area contributed by atoms with Gasteiger partial charge in [-0.2, -0.15) is 5.26 Å². The van der Waals surface area contributed by atoms with Gasteiger partial charge in [0.25, 0.3) is 0 Å². The highest BCUT2D eigenvalue weighted by molar-refractivity contribution is 5.42. The van der Waals surface area contributed by atoms with E-state index in [1.165, 1.54) is 0 Å². The van der Waals surface area contributed by atoms with Gasteiger partial charge in [-0.25, -0.2) is 0 Å². The quantitative estimate of drug-likeness (QED) is 0.665. The van der Waals surface area contributed by atoms with Crippen molar-refractivity contribution in [3.63, 3.8) is 0 Å². The van der Waals surface area contributed by atoms with Crippen LogP contribution in [-0.2, 0) is 0 Å². The van der Waals surface area contributed by atoms with Crippen molar-refractivity contribution in [2.75, 3.05) is 0 Å². The third kappa shape index (κ3) is 1.97. The summed E-state index contributed by atoms with van der Waals surface area (Å²) in [6, 6.07) is 9.03. The topological polar surface area (TPSA) is 59.0 Å². The van der Waals surface area contributed by atoms with Gasteiger partial charge in [0.05, 0.1) is 5.56 Å². The minimum absolute atomic E-state index is 0.389. The van der Waals surface area contributed by atoms with E-state index in [9.17, 15) is 0 Å². The summed E-state index contributed by atoms with van der Waals surface area (Å²) in [6.45, 7) is 1.72. The molecule has 0 aliphatic carbocycles. The summed E-state index contributed by atoms with van der Waals surface area (Å²) in [5, 5.41) is 8.66. The fraction of sp³-hybridized carbons (Fsp3) is 0.222. The maximum Gasteiger partial charge on any atom is 0.144 e. The fourth-order valence-corrected chi connectivity index (χ4v) is 0.862. The van der Waals surface area contributed by atoms with Crippen LogP contribution in [0.5, 0.6) is 5.75 Å². The predicted molar refractivity (Wildman–Crippen MR) is 45.4 cm³/mol. The number of nitrogens with zero attached hydrogens (tertiary/aromatic N) is 1. The van der Waals surface area contributed by atoms with Gasteiger partial charge < -0.3 is 4.74 Å². The minimum Gasteiger partial charge on any atom is -0.474 e. The first-order chi connectivity index (χ1) is 5.74. The lowest BCUT2D eigenvalue weighted by Crippen LogP contribution is -2.22. The monoisotopic (exact) mass is 162 g/mol. The molecular formula is C9H10N2O. The molecule has 0 radical (unpaired) electrons. The Kier molecular flexibility index (Phi) is 2.67. The molecule has 0 fully saturated rings. The van der Waals surface area contributed by atoms with E-state index >= 15 is 0 Å². The van der Waals surface area contributed by atoms with Gasteiger partial charge in [-0.05, 0) is 19.1 Å². The number of hydrogen-bond acceptors (Lipinski definition) is 3. The molecular weight excluding hydrogens is 152 g/mol. The van der Waals surface area contributed by atoms with E-state index in [2.05, 4.69) is 0 Å². The van der Waals surface area contributed by atoms with Crippen molar-refractivity contribution >= 4 is 0 Å². The Hall–Kier alpha value is -1.53. The van der Waals surface area contributed by atoms with Crippen molar-refractivity contribution in [3.8, 4) is 11.8 Å². The number of nitrogens with two attached hydrogens (primary N) is 1. The average molecular weight is 162 g/mol. The summed E-state index contributed by atoms with van der Waals surface area (Å²) in [6.07, 6.45) is -0.389. The molecule has 0 bridgehead atoms. The van der Waals surface area contributed by atoms with Gasteiger partial charge in [-0.15, -0.1) is 0 Å². The third-order valence-corrected chi connectivity index (χ3v) is 1.32. The smallest absolute Gasteiger partial charge is 0.144 e. The molecule has 0 saturated heterocycles. The number of nitriles is 1. The van der Waals surface area contributed by atoms with Crippen molar-refractivity contribution in [2.45, 2.75) is 13.2 Å². The molecule has 3 nitrogen and oxygen atoms in total. The Bertz CT molecular complexity index is 302. The highest BCUT2D eigenvalue weighted by Crippen LogP contribution is 2.16. The summed E-state index contributed by atoms with van der Waals surface area (Å²) in [5.41, 5.74) is 5.93. The molecule has 0 spiro atoms. The van der Waals surface area contributed by atoms with Gasteiger partial charge >= 0.3 is 0 Å². The molecule has 1 unspecified atom stereocenters. The molecule has 2 N–H and O–H groups in total. The standard InChI is InChI=1S/C9H10N2O/c1-7(11)12-9-5-3-2-4-8(9)6-10/h2-5,7H,11H2,1H3. The minimum atomic E-state index is -0.389. The van der Waals surface area contributed by atoms with Crippen LogP contribution in [-0.4, -0.2) is 6.23 Å². The molecule has 0 heterocycles. The second-order valence-corrected chi connectivity index (χ2v) is 2.43. The molecule has 62 valence electrons. The molecule has 0 aliphatic rings. The number of ether oxygens (including phenoxy) is 1. The summed E-state index contributed by atoms with van der Waals surface area (Å²) in [7, 11) is 0. The predicted octanol–water partition coefficient (Wildman–Crippen LogP) is 1.24. The van der Waals surface area contributed by atoms with Crippen molar-refractivity contribution in [1.29, 1.82) is 5.26 Å². The van der Waals surface area contributed by atoms with Gasteiger partial charge in [-0.3, -0.25) is 5.73 Å². The maximum absolute atomic E-state index is 8.66. The number of para-hydroxylation sites is 1. The average Bonchev–Trinajstić information content (AvgIpc) is 2.04. The summed E-state index contributed by atoms with van der Waals surface area (Å²) in [5.74, 6) is 0.537. The molecule has 3 heteroatoms. The summed E-state index contributed by atoms with van der Waals surface area (Å²) < 4.78 is 5.19. The van der Waals surface area contributed by atoms with Crippen LogP contribution in [0, 0.1) is 11.3 Å². The van der Waals surface area contributed by atoms with Crippen LogP contribution in [0.2, 0.25) is 0 Å². The van der Waals surface area contributed by atoms with E-state index in [0.29, 0.717) is 11.3 Å². The molecule has 0 amide bonds. The fourth-order valence-electron chi connectivity index (χ4n) is 0.862. The maximum atomic E-state index is 8.66. The molecule has 1 rings (SSSR count). The second-order valence-electron chi connectivity index (χ2n) is 2.43. The van der Waals surface area contributed by atoms with Gasteiger partial charge in [0.1, 0.15) is 18.0 Å². The first-order valence-corrected chi connectivity index (χ1v) is 3.65. The highest BCUT2D eigenvalue weighted by Gasteiger charge is 2.02.